The Morgan fingerprint density at radius 2 is 1.76 bits per heavy atom. The third-order valence-corrected chi connectivity index (χ3v) is 3.03. The summed E-state index contributed by atoms with van der Waals surface area (Å²) in [4.78, 5) is 12.4. The topological polar surface area (TPSA) is 35.5 Å². The molecule has 0 heterocycles. The molecular formula is C18H20O3. The fourth-order valence-corrected chi connectivity index (χ4v) is 2.08. The van der Waals surface area contributed by atoms with Gasteiger partial charge in [-0.15, -0.1) is 0 Å². The van der Waals surface area contributed by atoms with Crippen LogP contribution in [0.25, 0.3) is 0 Å². The highest BCUT2D eigenvalue weighted by atomic mass is 16.5. The van der Waals surface area contributed by atoms with Crippen molar-refractivity contribution in [2.75, 3.05) is 7.11 Å². The minimum absolute atomic E-state index is 0.0671. The summed E-state index contributed by atoms with van der Waals surface area (Å²) in [5.41, 5.74) is 1.60. The molecule has 0 N–H and O–H groups in total. The van der Waals surface area contributed by atoms with Crippen molar-refractivity contribution in [1.29, 1.82) is 0 Å². The van der Waals surface area contributed by atoms with E-state index in [1.165, 1.54) is 0 Å². The lowest BCUT2D eigenvalue weighted by Crippen LogP contribution is -2.07. The zero-order valence-electron chi connectivity index (χ0n) is 12.6. The second-order valence-electron chi connectivity index (χ2n) is 5.15. The van der Waals surface area contributed by atoms with Gasteiger partial charge in [-0.05, 0) is 43.7 Å². The standard InChI is InChI=1S/C18H20O3/c1-13(2)21-17-9-5-7-15(12-17)18(19)11-14-6-4-8-16(10-14)20-3/h4-10,12-13H,11H2,1-3H3. The largest absolute Gasteiger partial charge is 0.497 e. The van der Waals surface area contributed by atoms with Crippen molar-refractivity contribution in [3.8, 4) is 11.5 Å². The SMILES string of the molecule is COc1cccc(CC(=O)c2cccc(OC(C)C)c2)c1. The summed E-state index contributed by atoms with van der Waals surface area (Å²) in [6, 6.07) is 14.9. The second-order valence-corrected chi connectivity index (χ2v) is 5.15. The third kappa shape index (κ3) is 4.35. The van der Waals surface area contributed by atoms with Crippen LogP contribution < -0.4 is 9.47 Å². The fourth-order valence-electron chi connectivity index (χ4n) is 2.08. The molecule has 0 bridgehead atoms. The first-order valence-corrected chi connectivity index (χ1v) is 7.01. The van der Waals surface area contributed by atoms with Crippen LogP contribution in [0.3, 0.4) is 0 Å². The van der Waals surface area contributed by atoms with Crippen LogP contribution >= 0.6 is 0 Å². The van der Waals surface area contributed by atoms with E-state index < -0.39 is 0 Å². The first kappa shape index (κ1) is 15.1. The van der Waals surface area contributed by atoms with Gasteiger partial charge in [0.1, 0.15) is 11.5 Å². The van der Waals surface area contributed by atoms with E-state index in [4.69, 9.17) is 9.47 Å². The molecular weight excluding hydrogens is 264 g/mol. The summed E-state index contributed by atoms with van der Waals surface area (Å²) in [5.74, 6) is 1.55. The van der Waals surface area contributed by atoms with E-state index in [2.05, 4.69) is 0 Å². The second kappa shape index (κ2) is 6.93. The molecule has 2 aromatic carbocycles. The highest BCUT2D eigenvalue weighted by Crippen LogP contribution is 2.18. The molecule has 0 amide bonds. The number of ether oxygens (including phenoxy) is 2. The first-order chi connectivity index (χ1) is 10.1. The van der Waals surface area contributed by atoms with Crippen molar-refractivity contribution in [2.45, 2.75) is 26.4 Å². The lowest BCUT2D eigenvalue weighted by Gasteiger charge is -2.10. The molecule has 0 radical (unpaired) electrons. The molecule has 3 nitrogen and oxygen atoms in total. The highest BCUT2D eigenvalue weighted by molar-refractivity contribution is 5.97. The predicted octanol–water partition coefficient (Wildman–Crippen LogP) is 3.91. The van der Waals surface area contributed by atoms with E-state index in [-0.39, 0.29) is 11.9 Å². The number of hydrogen-bond acceptors (Lipinski definition) is 3. The van der Waals surface area contributed by atoms with Crippen molar-refractivity contribution in [3.05, 3.63) is 59.7 Å². The Morgan fingerprint density at radius 1 is 1.05 bits per heavy atom. The molecule has 3 heteroatoms. The predicted molar refractivity (Wildman–Crippen MR) is 83.2 cm³/mol. The lowest BCUT2D eigenvalue weighted by molar-refractivity contribution is 0.0992. The molecule has 2 aromatic rings. The Kier molecular flexibility index (Phi) is 4.99. The van der Waals surface area contributed by atoms with Crippen LogP contribution in [0.4, 0.5) is 0 Å². The molecule has 0 aliphatic carbocycles. The number of carbonyl (C=O) groups excluding carboxylic acids is 1. The normalized spacial score (nSPS) is 10.5. The molecule has 0 saturated heterocycles. The molecule has 2 rings (SSSR count). The number of Topliss-reactive ketones (excluding diaryl/α,β-unsaturated/α-hetero) is 1. The highest BCUT2D eigenvalue weighted by Gasteiger charge is 2.09. The summed E-state index contributed by atoms with van der Waals surface area (Å²) < 4.78 is 10.8. The molecule has 0 aromatic heterocycles. The Hall–Kier alpha value is -2.29. The number of rotatable bonds is 6. The van der Waals surface area contributed by atoms with Crippen LogP contribution in [-0.4, -0.2) is 19.0 Å². The van der Waals surface area contributed by atoms with Gasteiger partial charge in [0, 0.05) is 12.0 Å². The van der Waals surface area contributed by atoms with Crippen molar-refractivity contribution >= 4 is 5.78 Å². The van der Waals surface area contributed by atoms with Crippen LogP contribution in [0.2, 0.25) is 0 Å². The Balaban J connectivity index is 2.12. The Morgan fingerprint density at radius 3 is 2.48 bits per heavy atom. The van der Waals surface area contributed by atoms with E-state index in [1.807, 2.05) is 56.3 Å². The van der Waals surface area contributed by atoms with Gasteiger partial charge in [0.15, 0.2) is 5.78 Å². The molecule has 0 spiro atoms. The number of benzene rings is 2. The molecule has 110 valence electrons. The minimum atomic E-state index is 0.0671. The molecule has 0 aliphatic rings. The molecule has 21 heavy (non-hydrogen) atoms. The third-order valence-electron chi connectivity index (χ3n) is 3.03. The van der Waals surface area contributed by atoms with Gasteiger partial charge in [-0.1, -0.05) is 24.3 Å². The molecule has 0 fully saturated rings. The summed E-state index contributed by atoms with van der Waals surface area (Å²) in [6.45, 7) is 3.93. The van der Waals surface area contributed by atoms with Crippen LogP contribution in [0.5, 0.6) is 11.5 Å². The molecule has 0 saturated carbocycles. The average Bonchev–Trinajstić information content (AvgIpc) is 2.47. The van der Waals surface area contributed by atoms with Gasteiger partial charge in [0.2, 0.25) is 0 Å². The maximum absolute atomic E-state index is 12.4. The smallest absolute Gasteiger partial charge is 0.167 e. The van der Waals surface area contributed by atoms with Gasteiger partial charge in [0.05, 0.1) is 13.2 Å². The van der Waals surface area contributed by atoms with Crippen LogP contribution in [0.15, 0.2) is 48.5 Å². The maximum atomic E-state index is 12.4. The number of methoxy groups -OCH3 is 1. The van der Waals surface area contributed by atoms with Crippen molar-refractivity contribution in [3.63, 3.8) is 0 Å². The summed E-state index contributed by atoms with van der Waals surface area (Å²) in [7, 11) is 1.62. The van der Waals surface area contributed by atoms with Gasteiger partial charge >= 0.3 is 0 Å². The first-order valence-electron chi connectivity index (χ1n) is 7.01. The van der Waals surface area contributed by atoms with Gasteiger partial charge in [-0.3, -0.25) is 4.79 Å². The summed E-state index contributed by atoms with van der Waals surface area (Å²) in [5, 5.41) is 0. The van der Waals surface area contributed by atoms with Gasteiger partial charge in [0.25, 0.3) is 0 Å². The van der Waals surface area contributed by atoms with Crippen LogP contribution in [-0.2, 0) is 6.42 Å². The van der Waals surface area contributed by atoms with Crippen molar-refractivity contribution < 1.29 is 14.3 Å². The zero-order chi connectivity index (χ0) is 15.2. The van der Waals surface area contributed by atoms with E-state index in [0.717, 1.165) is 17.1 Å². The van der Waals surface area contributed by atoms with E-state index in [0.29, 0.717) is 12.0 Å². The van der Waals surface area contributed by atoms with E-state index in [9.17, 15) is 4.79 Å². The van der Waals surface area contributed by atoms with E-state index >= 15 is 0 Å². The van der Waals surface area contributed by atoms with Crippen LogP contribution in [0, 0.1) is 0 Å². The number of carbonyl (C=O) groups is 1. The zero-order valence-corrected chi connectivity index (χ0v) is 12.6. The van der Waals surface area contributed by atoms with Crippen molar-refractivity contribution in [1.82, 2.24) is 0 Å². The van der Waals surface area contributed by atoms with E-state index in [1.54, 1.807) is 13.2 Å². The minimum Gasteiger partial charge on any atom is -0.497 e. The van der Waals surface area contributed by atoms with Gasteiger partial charge in [-0.25, -0.2) is 0 Å². The van der Waals surface area contributed by atoms with Crippen molar-refractivity contribution in [2.24, 2.45) is 0 Å². The van der Waals surface area contributed by atoms with Gasteiger partial charge in [-0.2, -0.15) is 0 Å². The average molecular weight is 284 g/mol. The molecule has 0 unspecified atom stereocenters. The molecule has 0 atom stereocenters. The summed E-state index contributed by atoms with van der Waals surface area (Å²) >= 11 is 0. The van der Waals surface area contributed by atoms with Crippen LogP contribution in [0.1, 0.15) is 29.8 Å². The Labute approximate surface area is 125 Å². The van der Waals surface area contributed by atoms with Gasteiger partial charge < -0.3 is 9.47 Å². The number of hydrogen-bond donors (Lipinski definition) is 0. The molecule has 0 aliphatic heterocycles. The monoisotopic (exact) mass is 284 g/mol. The Bertz CT molecular complexity index is 617. The fraction of sp³-hybridized carbons (Fsp3) is 0.278. The quantitative estimate of drug-likeness (QED) is 0.754. The lowest BCUT2D eigenvalue weighted by atomic mass is 10.0. The summed E-state index contributed by atoms with van der Waals surface area (Å²) in [6.07, 6.45) is 0.441. The number of ketones is 1. The maximum Gasteiger partial charge on any atom is 0.167 e.